The van der Waals surface area contributed by atoms with Gasteiger partial charge in [-0.15, -0.1) is 0 Å². The Hall–Kier alpha value is -0.570. The normalized spacial score (nSPS) is 9.73. The summed E-state index contributed by atoms with van der Waals surface area (Å²) in [5, 5.41) is 0. The minimum atomic E-state index is 0.137. The van der Waals surface area contributed by atoms with Gasteiger partial charge in [-0.1, -0.05) is 6.42 Å². The molecule has 0 spiro atoms. The van der Waals surface area contributed by atoms with E-state index in [0.29, 0.717) is 0 Å². The highest BCUT2D eigenvalue weighted by atomic mass is 16.2. The molecular weight excluding hydrogens is 140 g/mol. The van der Waals surface area contributed by atoms with Crippen molar-refractivity contribution in [2.24, 2.45) is 5.73 Å². The van der Waals surface area contributed by atoms with Crippen molar-refractivity contribution in [1.82, 2.24) is 4.90 Å². The lowest BCUT2D eigenvalue weighted by molar-refractivity contribution is -0.127. The van der Waals surface area contributed by atoms with Gasteiger partial charge in [-0.2, -0.15) is 0 Å². The number of nitrogens with two attached hydrogens (primary N) is 1. The number of hydrogen-bond acceptors (Lipinski definition) is 2. The van der Waals surface area contributed by atoms with Crippen LogP contribution < -0.4 is 5.73 Å². The molecule has 0 aliphatic carbocycles. The zero-order chi connectivity index (χ0) is 8.69. The highest BCUT2D eigenvalue weighted by Crippen LogP contribution is 1.95. The first-order valence-corrected chi connectivity index (χ1v) is 4.10. The number of nitrogens with zero attached hydrogens (tertiary/aromatic N) is 1. The van der Waals surface area contributed by atoms with Gasteiger partial charge in [-0.25, -0.2) is 0 Å². The quantitative estimate of drug-likeness (QED) is 0.595. The van der Waals surface area contributed by atoms with Crippen LogP contribution in [0.1, 0.15) is 26.2 Å². The van der Waals surface area contributed by atoms with E-state index < -0.39 is 0 Å². The van der Waals surface area contributed by atoms with Gasteiger partial charge in [0.2, 0.25) is 5.91 Å². The summed E-state index contributed by atoms with van der Waals surface area (Å²) in [4.78, 5) is 12.4. The summed E-state index contributed by atoms with van der Waals surface area (Å²) < 4.78 is 0. The Labute approximate surface area is 68.6 Å². The molecule has 66 valence electrons. The molecule has 11 heavy (non-hydrogen) atoms. The molecule has 0 aromatic heterocycles. The number of hydrogen-bond donors (Lipinski definition) is 1. The molecule has 0 rings (SSSR count). The van der Waals surface area contributed by atoms with Crippen molar-refractivity contribution in [3.05, 3.63) is 0 Å². The summed E-state index contributed by atoms with van der Waals surface area (Å²) in [6, 6.07) is 0. The van der Waals surface area contributed by atoms with Gasteiger partial charge in [0.15, 0.2) is 0 Å². The molecule has 1 amide bonds. The SMILES string of the molecule is CC(=O)N(C)CCCCCN. The van der Waals surface area contributed by atoms with Crippen LogP contribution in [-0.4, -0.2) is 30.9 Å². The molecule has 0 aromatic carbocycles. The van der Waals surface area contributed by atoms with E-state index in [4.69, 9.17) is 5.73 Å². The summed E-state index contributed by atoms with van der Waals surface area (Å²) in [5.74, 6) is 0.137. The highest BCUT2D eigenvalue weighted by Gasteiger charge is 1.99. The lowest BCUT2D eigenvalue weighted by Gasteiger charge is -2.13. The average molecular weight is 158 g/mol. The molecule has 0 heterocycles. The van der Waals surface area contributed by atoms with Crippen molar-refractivity contribution in [3.63, 3.8) is 0 Å². The van der Waals surface area contributed by atoms with Crippen LogP contribution in [0.15, 0.2) is 0 Å². The van der Waals surface area contributed by atoms with Gasteiger partial charge in [0.1, 0.15) is 0 Å². The molecule has 3 heteroatoms. The molecule has 0 bridgehead atoms. The highest BCUT2D eigenvalue weighted by molar-refractivity contribution is 5.72. The van der Waals surface area contributed by atoms with E-state index in [-0.39, 0.29) is 5.91 Å². The molecule has 2 N–H and O–H groups in total. The predicted octanol–water partition coefficient (Wildman–Crippen LogP) is 0.594. The molecule has 0 saturated carbocycles. The summed E-state index contributed by atoms with van der Waals surface area (Å²) in [6.07, 6.45) is 3.24. The summed E-state index contributed by atoms with van der Waals surface area (Å²) >= 11 is 0. The van der Waals surface area contributed by atoms with Gasteiger partial charge in [0, 0.05) is 20.5 Å². The smallest absolute Gasteiger partial charge is 0.219 e. The van der Waals surface area contributed by atoms with Crippen molar-refractivity contribution in [2.45, 2.75) is 26.2 Å². The minimum absolute atomic E-state index is 0.137. The van der Waals surface area contributed by atoms with Crippen LogP contribution in [0.5, 0.6) is 0 Å². The summed E-state index contributed by atoms with van der Waals surface area (Å²) in [5.41, 5.74) is 5.32. The minimum Gasteiger partial charge on any atom is -0.346 e. The Morgan fingerprint density at radius 3 is 2.45 bits per heavy atom. The third kappa shape index (κ3) is 5.85. The van der Waals surface area contributed by atoms with E-state index in [2.05, 4.69) is 0 Å². The van der Waals surface area contributed by atoms with E-state index in [1.807, 2.05) is 7.05 Å². The van der Waals surface area contributed by atoms with Gasteiger partial charge >= 0.3 is 0 Å². The fourth-order valence-corrected chi connectivity index (χ4v) is 0.828. The summed E-state index contributed by atoms with van der Waals surface area (Å²) in [6.45, 7) is 3.20. The Bertz CT molecular complexity index is 115. The lowest BCUT2D eigenvalue weighted by Crippen LogP contribution is -2.24. The van der Waals surface area contributed by atoms with Gasteiger partial charge in [0.25, 0.3) is 0 Å². The standard InChI is InChI=1S/C8H18N2O/c1-8(11)10(2)7-5-3-4-6-9/h3-7,9H2,1-2H3. The lowest BCUT2D eigenvalue weighted by atomic mass is 10.2. The van der Waals surface area contributed by atoms with Gasteiger partial charge in [-0.05, 0) is 19.4 Å². The van der Waals surface area contributed by atoms with E-state index in [1.165, 1.54) is 0 Å². The second kappa shape index (κ2) is 6.16. The second-order valence-corrected chi connectivity index (χ2v) is 2.79. The van der Waals surface area contributed by atoms with Gasteiger partial charge < -0.3 is 10.6 Å². The monoisotopic (exact) mass is 158 g/mol. The van der Waals surface area contributed by atoms with Crippen LogP contribution in [0.3, 0.4) is 0 Å². The van der Waals surface area contributed by atoms with Crippen molar-refractivity contribution >= 4 is 5.91 Å². The first-order valence-electron chi connectivity index (χ1n) is 4.10. The van der Waals surface area contributed by atoms with E-state index in [0.717, 1.165) is 32.4 Å². The first kappa shape index (κ1) is 10.4. The van der Waals surface area contributed by atoms with Gasteiger partial charge in [0.05, 0.1) is 0 Å². The first-order chi connectivity index (χ1) is 5.18. The molecule has 3 nitrogen and oxygen atoms in total. The molecular formula is C8H18N2O. The fraction of sp³-hybridized carbons (Fsp3) is 0.875. The van der Waals surface area contributed by atoms with E-state index in [9.17, 15) is 4.79 Å². The summed E-state index contributed by atoms with van der Waals surface area (Å²) in [7, 11) is 1.82. The third-order valence-corrected chi connectivity index (χ3v) is 1.74. The molecule has 0 aromatic rings. The fourth-order valence-electron chi connectivity index (χ4n) is 0.828. The van der Waals surface area contributed by atoms with Crippen LogP contribution in [0, 0.1) is 0 Å². The largest absolute Gasteiger partial charge is 0.346 e. The van der Waals surface area contributed by atoms with Crippen LogP contribution in [0.25, 0.3) is 0 Å². The van der Waals surface area contributed by atoms with Crippen LogP contribution in [-0.2, 0) is 4.79 Å². The molecule has 0 atom stereocenters. The molecule has 0 fully saturated rings. The van der Waals surface area contributed by atoms with Crippen molar-refractivity contribution < 1.29 is 4.79 Å². The van der Waals surface area contributed by atoms with Crippen molar-refractivity contribution in [1.29, 1.82) is 0 Å². The number of carbonyl (C=O) groups is 1. The third-order valence-electron chi connectivity index (χ3n) is 1.74. The number of amides is 1. The predicted molar refractivity (Wildman–Crippen MR) is 46.2 cm³/mol. The maximum absolute atomic E-state index is 10.7. The Balaban J connectivity index is 3.17. The number of unbranched alkanes of at least 4 members (excludes halogenated alkanes) is 2. The molecule has 0 radical (unpaired) electrons. The number of rotatable bonds is 5. The van der Waals surface area contributed by atoms with Crippen LogP contribution >= 0.6 is 0 Å². The van der Waals surface area contributed by atoms with E-state index >= 15 is 0 Å². The molecule has 0 saturated heterocycles. The van der Waals surface area contributed by atoms with Crippen LogP contribution in [0.4, 0.5) is 0 Å². The van der Waals surface area contributed by atoms with Crippen molar-refractivity contribution in [3.8, 4) is 0 Å². The van der Waals surface area contributed by atoms with Crippen LogP contribution in [0.2, 0.25) is 0 Å². The van der Waals surface area contributed by atoms with Gasteiger partial charge in [-0.3, -0.25) is 4.79 Å². The molecule has 0 unspecified atom stereocenters. The zero-order valence-electron chi connectivity index (χ0n) is 7.47. The topological polar surface area (TPSA) is 46.3 Å². The Kier molecular flexibility index (Phi) is 5.84. The average Bonchev–Trinajstić information content (AvgIpc) is 1.97. The molecule has 0 aliphatic rings. The van der Waals surface area contributed by atoms with E-state index in [1.54, 1.807) is 11.8 Å². The maximum atomic E-state index is 10.7. The van der Waals surface area contributed by atoms with Crippen molar-refractivity contribution in [2.75, 3.05) is 20.1 Å². The maximum Gasteiger partial charge on any atom is 0.219 e. The number of carbonyl (C=O) groups excluding carboxylic acids is 1. The second-order valence-electron chi connectivity index (χ2n) is 2.79. The Morgan fingerprint density at radius 1 is 1.36 bits per heavy atom. The zero-order valence-corrected chi connectivity index (χ0v) is 7.47. The molecule has 0 aliphatic heterocycles. The Morgan fingerprint density at radius 2 is 2.00 bits per heavy atom.